The van der Waals surface area contributed by atoms with E-state index in [1.54, 1.807) is 6.07 Å². The van der Waals surface area contributed by atoms with Crippen LogP contribution in [0.15, 0.2) is 18.2 Å². The highest BCUT2D eigenvalue weighted by Crippen LogP contribution is 2.33. The van der Waals surface area contributed by atoms with Crippen molar-refractivity contribution in [2.75, 3.05) is 7.11 Å². The summed E-state index contributed by atoms with van der Waals surface area (Å²) in [5.74, 6) is -0.291. The molecule has 0 radical (unpaired) electrons. The molecular weight excluding hydrogens is 245 g/mol. The number of benzene rings is 1. The Morgan fingerprint density at radius 3 is 2.84 bits per heavy atom. The van der Waals surface area contributed by atoms with Crippen LogP contribution in [0.4, 0.5) is 4.39 Å². The van der Waals surface area contributed by atoms with Crippen molar-refractivity contribution in [3.05, 3.63) is 35.1 Å². The first kappa shape index (κ1) is 14.0. The molecule has 1 fully saturated rings. The molecule has 4 heteroatoms. The van der Waals surface area contributed by atoms with Crippen molar-refractivity contribution in [1.82, 2.24) is 5.32 Å². The van der Waals surface area contributed by atoms with Gasteiger partial charge in [0.25, 0.3) is 0 Å². The minimum Gasteiger partial charge on any atom is -0.465 e. The van der Waals surface area contributed by atoms with Crippen LogP contribution in [-0.4, -0.2) is 19.1 Å². The molecule has 0 heterocycles. The Morgan fingerprint density at radius 1 is 1.53 bits per heavy atom. The van der Waals surface area contributed by atoms with Gasteiger partial charge in [-0.25, -0.2) is 9.18 Å². The van der Waals surface area contributed by atoms with Gasteiger partial charge in [0.15, 0.2) is 0 Å². The van der Waals surface area contributed by atoms with Crippen LogP contribution in [0.25, 0.3) is 0 Å². The Labute approximate surface area is 113 Å². The summed E-state index contributed by atoms with van der Waals surface area (Å²) < 4.78 is 18.2. The number of esters is 1. The standard InChI is InChI=1S/C15H20FNO2/c1-10(7-11-3-4-11)17-9-12-5-6-13(14(16)8-12)15(18)19-2/h5-6,8,10-11,17H,3-4,7,9H2,1-2H3. The highest BCUT2D eigenvalue weighted by atomic mass is 19.1. The monoisotopic (exact) mass is 265 g/mol. The van der Waals surface area contributed by atoms with Gasteiger partial charge in [-0.3, -0.25) is 0 Å². The van der Waals surface area contributed by atoms with Crippen molar-refractivity contribution in [1.29, 1.82) is 0 Å². The second-order valence-electron chi connectivity index (χ2n) is 5.27. The molecule has 1 aliphatic carbocycles. The first-order valence-corrected chi connectivity index (χ1v) is 6.70. The number of halogens is 1. The van der Waals surface area contributed by atoms with Crippen LogP contribution in [0.2, 0.25) is 0 Å². The molecule has 2 rings (SSSR count). The van der Waals surface area contributed by atoms with E-state index < -0.39 is 11.8 Å². The second kappa shape index (κ2) is 6.15. The lowest BCUT2D eigenvalue weighted by Gasteiger charge is -2.13. The van der Waals surface area contributed by atoms with E-state index in [9.17, 15) is 9.18 Å². The SMILES string of the molecule is COC(=O)c1ccc(CNC(C)CC2CC2)cc1F. The van der Waals surface area contributed by atoms with Crippen LogP contribution >= 0.6 is 0 Å². The van der Waals surface area contributed by atoms with Gasteiger partial charge in [-0.2, -0.15) is 0 Å². The molecule has 0 spiro atoms. The lowest BCUT2D eigenvalue weighted by molar-refractivity contribution is 0.0595. The molecule has 0 aromatic heterocycles. The molecule has 1 aliphatic rings. The van der Waals surface area contributed by atoms with Gasteiger partial charge in [0.2, 0.25) is 0 Å². The number of ether oxygens (including phenoxy) is 1. The number of hydrogen-bond acceptors (Lipinski definition) is 3. The summed E-state index contributed by atoms with van der Waals surface area (Å²) in [5, 5.41) is 3.38. The lowest BCUT2D eigenvalue weighted by atomic mass is 10.1. The van der Waals surface area contributed by atoms with Crippen LogP contribution in [0, 0.1) is 11.7 Å². The topological polar surface area (TPSA) is 38.3 Å². The molecule has 0 saturated heterocycles. The molecule has 0 aliphatic heterocycles. The fraction of sp³-hybridized carbons (Fsp3) is 0.533. The van der Waals surface area contributed by atoms with Gasteiger partial charge in [-0.15, -0.1) is 0 Å². The van der Waals surface area contributed by atoms with Crippen molar-refractivity contribution in [2.24, 2.45) is 5.92 Å². The molecule has 1 saturated carbocycles. The molecule has 0 bridgehead atoms. The summed E-state index contributed by atoms with van der Waals surface area (Å²) in [6.45, 7) is 2.77. The van der Waals surface area contributed by atoms with E-state index in [0.29, 0.717) is 12.6 Å². The number of hydrogen-bond donors (Lipinski definition) is 1. The Morgan fingerprint density at radius 2 is 2.26 bits per heavy atom. The molecule has 1 aromatic carbocycles. The van der Waals surface area contributed by atoms with Crippen LogP contribution in [0.1, 0.15) is 42.1 Å². The number of nitrogens with one attached hydrogen (secondary N) is 1. The van der Waals surface area contributed by atoms with E-state index >= 15 is 0 Å². The predicted octanol–water partition coefficient (Wildman–Crippen LogP) is 2.89. The third-order valence-electron chi connectivity index (χ3n) is 3.48. The average Bonchev–Trinajstić information content (AvgIpc) is 3.19. The summed E-state index contributed by atoms with van der Waals surface area (Å²) in [6, 6.07) is 5.06. The van der Waals surface area contributed by atoms with E-state index in [4.69, 9.17) is 0 Å². The zero-order valence-electron chi connectivity index (χ0n) is 11.4. The lowest BCUT2D eigenvalue weighted by Crippen LogP contribution is -2.26. The number of carbonyl (C=O) groups excluding carboxylic acids is 1. The third-order valence-corrected chi connectivity index (χ3v) is 3.48. The summed E-state index contributed by atoms with van der Waals surface area (Å²) in [6.07, 6.45) is 3.87. The van der Waals surface area contributed by atoms with Crippen LogP contribution in [-0.2, 0) is 11.3 Å². The minimum atomic E-state index is -0.640. The van der Waals surface area contributed by atoms with Crippen molar-refractivity contribution in [3.63, 3.8) is 0 Å². The first-order chi connectivity index (χ1) is 9.10. The van der Waals surface area contributed by atoms with E-state index in [2.05, 4.69) is 17.0 Å². The van der Waals surface area contributed by atoms with Crippen molar-refractivity contribution >= 4 is 5.97 Å². The number of rotatable bonds is 6. The molecule has 1 aromatic rings. The van der Waals surface area contributed by atoms with Crippen LogP contribution < -0.4 is 5.32 Å². The Bertz CT molecular complexity index is 457. The van der Waals surface area contributed by atoms with Crippen molar-refractivity contribution in [3.8, 4) is 0 Å². The third kappa shape index (κ3) is 4.03. The zero-order valence-corrected chi connectivity index (χ0v) is 11.4. The summed E-state index contributed by atoms with van der Waals surface area (Å²) in [5.41, 5.74) is 0.824. The largest absolute Gasteiger partial charge is 0.465 e. The maximum Gasteiger partial charge on any atom is 0.340 e. The van der Waals surface area contributed by atoms with Gasteiger partial charge in [0.1, 0.15) is 5.82 Å². The van der Waals surface area contributed by atoms with Gasteiger partial charge >= 0.3 is 5.97 Å². The Balaban J connectivity index is 1.89. The van der Waals surface area contributed by atoms with Gasteiger partial charge in [-0.05, 0) is 37.0 Å². The van der Waals surface area contributed by atoms with Crippen LogP contribution in [0.5, 0.6) is 0 Å². The van der Waals surface area contributed by atoms with Crippen molar-refractivity contribution < 1.29 is 13.9 Å². The van der Waals surface area contributed by atoms with Gasteiger partial charge in [-0.1, -0.05) is 18.9 Å². The fourth-order valence-electron chi connectivity index (χ4n) is 2.17. The maximum atomic E-state index is 13.7. The molecule has 19 heavy (non-hydrogen) atoms. The highest BCUT2D eigenvalue weighted by Gasteiger charge is 2.23. The van der Waals surface area contributed by atoms with E-state index in [1.165, 1.54) is 38.5 Å². The average molecular weight is 265 g/mol. The van der Waals surface area contributed by atoms with Crippen LogP contribution in [0.3, 0.4) is 0 Å². The molecule has 1 atom stereocenters. The first-order valence-electron chi connectivity index (χ1n) is 6.70. The number of methoxy groups -OCH3 is 1. The molecule has 0 amide bonds. The smallest absolute Gasteiger partial charge is 0.340 e. The normalized spacial score (nSPS) is 16.2. The highest BCUT2D eigenvalue weighted by molar-refractivity contribution is 5.89. The predicted molar refractivity (Wildman–Crippen MR) is 71.4 cm³/mol. The van der Waals surface area contributed by atoms with Crippen molar-refractivity contribution in [2.45, 2.75) is 38.8 Å². The molecule has 104 valence electrons. The van der Waals surface area contributed by atoms with E-state index in [-0.39, 0.29) is 5.56 Å². The molecule has 3 nitrogen and oxygen atoms in total. The van der Waals surface area contributed by atoms with E-state index in [1.807, 2.05) is 0 Å². The summed E-state index contributed by atoms with van der Waals surface area (Å²) in [4.78, 5) is 11.3. The molecule has 1 N–H and O–H groups in total. The molecule has 1 unspecified atom stereocenters. The van der Waals surface area contributed by atoms with E-state index in [0.717, 1.165) is 11.5 Å². The van der Waals surface area contributed by atoms with Gasteiger partial charge in [0, 0.05) is 12.6 Å². The Hall–Kier alpha value is -1.42. The Kier molecular flexibility index (Phi) is 4.53. The molecular formula is C15H20FNO2. The zero-order chi connectivity index (χ0) is 13.8. The maximum absolute atomic E-state index is 13.7. The second-order valence-corrected chi connectivity index (χ2v) is 5.27. The minimum absolute atomic E-state index is 0.0164. The summed E-state index contributed by atoms with van der Waals surface area (Å²) >= 11 is 0. The number of carbonyl (C=O) groups is 1. The summed E-state index contributed by atoms with van der Waals surface area (Å²) in [7, 11) is 1.25. The fourth-order valence-corrected chi connectivity index (χ4v) is 2.17. The van der Waals surface area contributed by atoms with Gasteiger partial charge in [0.05, 0.1) is 12.7 Å². The quantitative estimate of drug-likeness (QED) is 0.804. The van der Waals surface area contributed by atoms with Gasteiger partial charge < -0.3 is 10.1 Å².